The van der Waals surface area contributed by atoms with E-state index >= 15 is 0 Å². The number of carboxylic acids is 1. The van der Waals surface area contributed by atoms with Crippen LogP contribution in [0.5, 0.6) is 0 Å². The minimum Gasteiger partial charge on any atom is -0.479 e. The van der Waals surface area contributed by atoms with Gasteiger partial charge in [0, 0.05) is 16.6 Å². The highest BCUT2D eigenvalue weighted by Gasteiger charge is 2.46. The van der Waals surface area contributed by atoms with Crippen molar-refractivity contribution in [3.05, 3.63) is 62.8 Å². The van der Waals surface area contributed by atoms with Crippen molar-refractivity contribution >= 4 is 39.2 Å². The number of anilines is 1. The minimum atomic E-state index is -1.32. The molecular weight excluding hydrogens is 361 g/mol. The topological polar surface area (TPSA) is 49.3 Å². The Labute approximate surface area is 133 Å². The third kappa shape index (κ3) is 2.12. The molecule has 0 unspecified atom stereocenters. The number of fused-ring (bicyclic) bond motifs is 1. The van der Waals surface area contributed by atoms with Gasteiger partial charge < -0.3 is 10.4 Å². The van der Waals surface area contributed by atoms with Crippen LogP contribution in [0.1, 0.15) is 11.1 Å². The molecule has 0 aromatic heterocycles. The van der Waals surface area contributed by atoms with E-state index in [4.69, 9.17) is 11.6 Å². The zero-order valence-corrected chi connectivity index (χ0v) is 13.0. The van der Waals surface area contributed by atoms with Crippen molar-refractivity contribution in [3.63, 3.8) is 0 Å². The van der Waals surface area contributed by atoms with Crippen LogP contribution in [0.2, 0.25) is 5.02 Å². The van der Waals surface area contributed by atoms with E-state index in [-0.39, 0.29) is 11.4 Å². The van der Waals surface area contributed by atoms with Gasteiger partial charge in [0.15, 0.2) is 5.54 Å². The molecule has 0 spiro atoms. The number of hydrogen-bond donors (Lipinski definition) is 2. The van der Waals surface area contributed by atoms with Crippen molar-refractivity contribution < 1.29 is 14.3 Å². The van der Waals surface area contributed by atoms with Gasteiger partial charge in [0.05, 0.1) is 5.02 Å². The highest BCUT2D eigenvalue weighted by atomic mass is 79.9. The molecule has 0 aliphatic carbocycles. The molecule has 0 saturated heterocycles. The van der Waals surface area contributed by atoms with Crippen LogP contribution in [0.25, 0.3) is 0 Å². The van der Waals surface area contributed by atoms with Crippen LogP contribution in [-0.4, -0.2) is 11.1 Å². The van der Waals surface area contributed by atoms with Crippen LogP contribution >= 0.6 is 27.5 Å². The molecule has 3 nitrogen and oxygen atoms in total. The van der Waals surface area contributed by atoms with Crippen molar-refractivity contribution in [1.82, 2.24) is 0 Å². The fourth-order valence-electron chi connectivity index (χ4n) is 2.61. The fraction of sp³-hybridized carbons (Fsp3) is 0.133. The summed E-state index contributed by atoms with van der Waals surface area (Å²) >= 11 is 9.13. The van der Waals surface area contributed by atoms with Gasteiger partial charge in [-0.3, -0.25) is 0 Å². The fourth-order valence-corrected chi connectivity index (χ4v) is 3.32. The van der Waals surface area contributed by atoms with Crippen LogP contribution in [0.15, 0.2) is 40.9 Å². The van der Waals surface area contributed by atoms with E-state index in [0.717, 1.165) is 0 Å². The van der Waals surface area contributed by atoms with Gasteiger partial charge in [-0.1, -0.05) is 41.9 Å². The maximum atomic E-state index is 13.7. The second-order valence-corrected chi connectivity index (χ2v) is 6.06. The molecule has 1 heterocycles. The Morgan fingerprint density at radius 1 is 1.38 bits per heavy atom. The van der Waals surface area contributed by atoms with Gasteiger partial charge in [0.25, 0.3) is 0 Å². The van der Waals surface area contributed by atoms with Crippen molar-refractivity contribution in [2.75, 3.05) is 5.32 Å². The normalized spacial score (nSPS) is 20.0. The second kappa shape index (κ2) is 5.00. The van der Waals surface area contributed by atoms with Crippen molar-refractivity contribution in [3.8, 4) is 0 Å². The molecule has 2 aromatic rings. The lowest BCUT2D eigenvalue weighted by Gasteiger charge is -2.25. The smallest absolute Gasteiger partial charge is 0.334 e. The third-order valence-corrected chi connectivity index (χ3v) is 5.16. The Morgan fingerprint density at radius 2 is 2.05 bits per heavy atom. The summed E-state index contributed by atoms with van der Waals surface area (Å²) in [4.78, 5) is 11.9. The molecule has 21 heavy (non-hydrogen) atoms. The Morgan fingerprint density at radius 3 is 2.67 bits per heavy atom. The van der Waals surface area contributed by atoms with Gasteiger partial charge in [-0.05, 0) is 33.1 Å². The maximum Gasteiger partial charge on any atom is 0.334 e. The van der Waals surface area contributed by atoms with E-state index in [2.05, 4.69) is 21.2 Å². The van der Waals surface area contributed by atoms with Gasteiger partial charge in [-0.15, -0.1) is 0 Å². The van der Waals surface area contributed by atoms with Gasteiger partial charge in [-0.25, -0.2) is 9.18 Å². The van der Waals surface area contributed by atoms with Crippen LogP contribution in [-0.2, 0) is 16.8 Å². The van der Waals surface area contributed by atoms with Gasteiger partial charge in [-0.2, -0.15) is 0 Å². The lowest BCUT2D eigenvalue weighted by Crippen LogP contribution is -2.41. The molecular formula is C15H10BrClFNO2. The van der Waals surface area contributed by atoms with E-state index in [9.17, 15) is 14.3 Å². The molecule has 108 valence electrons. The summed E-state index contributed by atoms with van der Waals surface area (Å²) in [7, 11) is 0. The van der Waals surface area contributed by atoms with Crippen LogP contribution in [0.4, 0.5) is 10.1 Å². The number of aliphatic carboxylic acids is 1. The molecule has 2 N–H and O–H groups in total. The Hall–Kier alpha value is -1.59. The number of halogens is 3. The minimum absolute atomic E-state index is 0.0372. The summed E-state index contributed by atoms with van der Waals surface area (Å²) in [5.74, 6) is -1.61. The number of carbonyl (C=O) groups is 1. The summed E-state index contributed by atoms with van der Waals surface area (Å²) < 4.78 is 14.1. The first-order valence-corrected chi connectivity index (χ1v) is 7.36. The Kier molecular flexibility index (Phi) is 3.42. The van der Waals surface area contributed by atoms with Crippen molar-refractivity contribution in [2.24, 2.45) is 0 Å². The van der Waals surface area contributed by atoms with E-state index < -0.39 is 17.3 Å². The van der Waals surface area contributed by atoms with Crippen LogP contribution in [0.3, 0.4) is 0 Å². The molecule has 1 aliphatic heterocycles. The van der Waals surface area contributed by atoms with Crippen LogP contribution < -0.4 is 5.32 Å². The molecule has 1 aliphatic rings. The summed E-state index contributed by atoms with van der Waals surface area (Å²) in [6, 6.07) is 10.1. The number of nitrogens with one attached hydrogen (secondary N) is 1. The van der Waals surface area contributed by atoms with E-state index in [1.165, 1.54) is 6.07 Å². The number of carboxylic acid groups (broad SMARTS) is 1. The number of rotatable bonds is 2. The van der Waals surface area contributed by atoms with E-state index in [1.54, 1.807) is 24.3 Å². The predicted octanol–water partition coefficient (Wildman–Crippen LogP) is 4.19. The third-order valence-electron chi connectivity index (χ3n) is 3.69. The Bertz CT molecular complexity index is 738. The predicted molar refractivity (Wildman–Crippen MR) is 82.2 cm³/mol. The van der Waals surface area contributed by atoms with Gasteiger partial charge >= 0.3 is 5.97 Å². The molecule has 0 radical (unpaired) electrons. The second-order valence-electron chi connectivity index (χ2n) is 4.89. The first-order chi connectivity index (χ1) is 9.95. The quantitative estimate of drug-likeness (QED) is 0.779. The zero-order chi connectivity index (χ0) is 15.2. The molecule has 0 amide bonds. The molecule has 0 saturated carbocycles. The summed E-state index contributed by atoms with van der Waals surface area (Å²) in [6.07, 6.45) is 0.183. The lowest BCUT2D eigenvalue weighted by atomic mass is 9.87. The van der Waals surface area contributed by atoms with Crippen molar-refractivity contribution in [1.29, 1.82) is 0 Å². The zero-order valence-electron chi connectivity index (χ0n) is 10.7. The highest BCUT2D eigenvalue weighted by molar-refractivity contribution is 9.10. The average Bonchev–Trinajstić information content (AvgIpc) is 2.87. The van der Waals surface area contributed by atoms with Gasteiger partial charge in [0.1, 0.15) is 5.82 Å². The average molecular weight is 371 g/mol. The number of benzene rings is 2. The van der Waals surface area contributed by atoms with Gasteiger partial charge in [0.2, 0.25) is 0 Å². The highest BCUT2D eigenvalue weighted by Crippen LogP contribution is 2.45. The number of hydrogen-bond acceptors (Lipinski definition) is 2. The van der Waals surface area contributed by atoms with E-state index in [1.807, 2.05) is 6.07 Å². The Balaban J connectivity index is 2.17. The summed E-state index contributed by atoms with van der Waals surface area (Å²) in [5, 5.41) is 12.6. The molecule has 0 fully saturated rings. The maximum absolute atomic E-state index is 13.7. The molecule has 0 bridgehead atoms. The molecule has 3 rings (SSSR count). The largest absolute Gasteiger partial charge is 0.479 e. The summed E-state index contributed by atoms with van der Waals surface area (Å²) in [6.45, 7) is 0. The van der Waals surface area contributed by atoms with E-state index in [0.29, 0.717) is 21.3 Å². The lowest BCUT2D eigenvalue weighted by molar-refractivity contribution is -0.142. The standard InChI is InChI=1S/C15H10BrClFNO2/c16-12-9-7-15(14(20)21,8-4-2-1-3-5-8)19-11(9)6-10(18)13(12)17/h1-6,19H,7H2,(H,20,21)/t15-/m0/s1. The first kappa shape index (κ1) is 14.4. The van der Waals surface area contributed by atoms with Crippen LogP contribution in [0, 0.1) is 5.82 Å². The molecule has 2 aromatic carbocycles. The molecule has 6 heteroatoms. The monoisotopic (exact) mass is 369 g/mol. The SMILES string of the molecule is O=C(O)[C@@]1(c2ccccc2)Cc2c(cc(F)c(Cl)c2Br)N1. The first-order valence-electron chi connectivity index (χ1n) is 6.19. The van der Waals surface area contributed by atoms with Crippen molar-refractivity contribution in [2.45, 2.75) is 12.0 Å². The summed E-state index contributed by atoms with van der Waals surface area (Å²) in [5.41, 5.74) is 0.392. The molecule has 1 atom stereocenters.